The SMILES string of the molecule is c1ccc(-c2cccc(-c3nc(-c4cccc(-c5ccccc5)c4)nc(-c4cccc5c4Sc4ccccc4C54c5ccccc5-c5ccccc54)n3)c2)cc1. The lowest BCUT2D eigenvalue weighted by atomic mass is 9.67. The summed E-state index contributed by atoms with van der Waals surface area (Å²) in [6.45, 7) is 0. The van der Waals surface area contributed by atoms with E-state index in [1.54, 1.807) is 0 Å². The van der Waals surface area contributed by atoms with Crippen LogP contribution in [0.15, 0.2) is 210 Å². The minimum Gasteiger partial charge on any atom is -0.208 e. The molecule has 1 aliphatic heterocycles. The van der Waals surface area contributed by atoms with Crippen molar-refractivity contribution in [2.45, 2.75) is 15.2 Å². The molecule has 1 aromatic heterocycles. The van der Waals surface area contributed by atoms with Gasteiger partial charge in [-0.25, -0.2) is 15.0 Å². The van der Waals surface area contributed by atoms with Crippen molar-refractivity contribution in [1.82, 2.24) is 15.0 Å². The third kappa shape index (κ3) is 5.10. The second-order valence-corrected chi connectivity index (χ2v) is 15.4. The van der Waals surface area contributed by atoms with E-state index in [-0.39, 0.29) is 0 Å². The summed E-state index contributed by atoms with van der Waals surface area (Å²) in [7, 11) is 0. The normalized spacial score (nSPS) is 13.1. The van der Waals surface area contributed by atoms with E-state index < -0.39 is 5.41 Å². The molecule has 0 fully saturated rings. The van der Waals surface area contributed by atoms with E-state index in [9.17, 15) is 0 Å². The largest absolute Gasteiger partial charge is 0.208 e. The number of rotatable bonds is 5. The first kappa shape index (κ1) is 32.5. The molecule has 262 valence electrons. The van der Waals surface area contributed by atoms with Crippen LogP contribution in [0.1, 0.15) is 22.3 Å². The minimum absolute atomic E-state index is 0.493. The quantitative estimate of drug-likeness (QED) is 0.177. The summed E-state index contributed by atoms with van der Waals surface area (Å²) >= 11 is 1.82. The topological polar surface area (TPSA) is 38.7 Å². The molecule has 3 nitrogen and oxygen atoms in total. The van der Waals surface area contributed by atoms with E-state index in [4.69, 9.17) is 15.0 Å². The maximum absolute atomic E-state index is 5.35. The molecule has 0 bridgehead atoms. The fraction of sp³-hybridized carbons (Fsp3) is 0.0192. The molecule has 0 atom stereocenters. The van der Waals surface area contributed by atoms with Crippen LogP contribution in [0, 0.1) is 0 Å². The maximum atomic E-state index is 5.35. The summed E-state index contributed by atoms with van der Waals surface area (Å²) in [5, 5.41) is 0. The van der Waals surface area contributed by atoms with E-state index >= 15 is 0 Å². The van der Waals surface area contributed by atoms with Gasteiger partial charge >= 0.3 is 0 Å². The molecule has 0 radical (unpaired) electrons. The molecule has 0 saturated carbocycles. The average Bonchev–Trinajstić information content (AvgIpc) is 3.57. The molecule has 0 saturated heterocycles. The van der Waals surface area contributed by atoms with Crippen LogP contribution in [-0.4, -0.2) is 15.0 Å². The Bertz CT molecular complexity index is 2810. The summed E-state index contributed by atoms with van der Waals surface area (Å²) in [4.78, 5) is 18.3. The molecule has 2 aliphatic rings. The summed E-state index contributed by atoms with van der Waals surface area (Å²) in [6.07, 6.45) is 0. The molecule has 1 aliphatic carbocycles. The van der Waals surface area contributed by atoms with Crippen molar-refractivity contribution in [3.8, 4) is 67.5 Å². The summed E-state index contributed by atoms with van der Waals surface area (Å²) in [6, 6.07) is 71.4. The van der Waals surface area contributed by atoms with Gasteiger partial charge < -0.3 is 0 Å². The van der Waals surface area contributed by atoms with Crippen LogP contribution < -0.4 is 0 Å². The van der Waals surface area contributed by atoms with Crippen molar-refractivity contribution in [2.75, 3.05) is 0 Å². The first-order valence-corrected chi connectivity index (χ1v) is 19.8. The standard InChI is InChI=1S/C52H33N3S/c1-3-16-34(17-4-1)36-20-13-22-38(32-36)49-53-50(39-23-14-21-37(33-39)35-18-5-2-6-19-35)55-51(54-49)42-26-15-30-46-48(42)56-47-31-12-11-29-45(47)52(46)43-27-9-7-24-40(43)41-25-8-10-28-44(41)52/h1-33H. The van der Waals surface area contributed by atoms with Crippen LogP contribution in [0.25, 0.3) is 67.5 Å². The Balaban J connectivity index is 1.16. The zero-order valence-corrected chi connectivity index (χ0v) is 31.1. The van der Waals surface area contributed by atoms with Gasteiger partial charge in [0, 0.05) is 26.5 Å². The number of benzene rings is 8. The highest BCUT2D eigenvalue weighted by Gasteiger charge is 2.50. The van der Waals surface area contributed by atoms with E-state index in [1.165, 1.54) is 38.3 Å². The van der Waals surface area contributed by atoms with Crippen molar-refractivity contribution in [2.24, 2.45) is 0 Å². The molecule has 56 heavy (non-hydrogen) atoms. The number of aromatic nitrogens is 3. The van der Waals surface area contributed by atoms with E-state index in [2.05, 4.69) is 188 Å². The Morgan fingerprint density at radius 2 is 0.714 bits per heavy atom. The van der Waals surface area contributed by atoms with Gasteiger partial charge in [-0.05, 0) is 73.8 Å². The molecular formula is C52H33N3S. The monoisotopic (exact) mass is 731 g/mol. The van der Waals surface area contributed by atoms with Gasteiger partial charge in [-0.15, -0.1) is 0 Å². The molecule has 0 unspecified atom stereocenters. The zero-order valence-electron chi connectivity index (χ0n) is 30.3. The Morgan fingerprint density at radius 3 is 1.30 bits per heavy atom. The number of hydrogen-bond acceptors (Lipinski definition) is 4. The van der Waals surface area contributed by atoms with Crippen LogP contribution in [-0.2, 0) is 5.41 Å². The number of nitrogens with zero attached hydrogens (tertiary/aromatic N) is 3. The Labute approximate surface area is 330 Å². The van der Waals surface area contributed by atoms with Gasteiger partial charge in [0.2, 0.25) is 0 Å². The number of fused-ring (bicyclic) bond motifs is 9. The van der Waals surface area contributed by atoms with Gasteiger partial charge in [0.25, 0.3) is 0 Å². The summed E-state index contributed by atoms with van der Waals surface area (Å²) < 4.78 is 0. The molecule has 11 rings (SSSR count). The Morgan fingerprint density at radius 1 is 0.304 bits per heavy atom. The second kappa shape index (κ2) is 13.2. The smallest absolute Gasteiger partial charge is 0.165 e. The van der Waals surface area contributed by atoms with Gasteiger partial charge in [-0.1, -0.05) is 194 Å². The lowest BCUT2D eigenvalue weighted by Gasteiger charge is -2.40. The van der Waals surface area contributed by atoms with Crippen molar-refractivity contribution in [3.05, 3.63) is 222 Å². The van der Waals surface area contributed by atoms with Crippen LogP contribution in [0.5, 0.6) is 0 Å². The van der Waals surface area contributed by atoms with E-state index in [1.807, 2.05) is 23.9 Å². The highest BCUT2D eigenvalue weighted by Crippen LogP contribution is 2.63. The summed E-state index contributed by atoms with van der Waals surface area (Å²) in [5.41, 5.74) is 14.6. The lowest BCUT2D eigenvalue weighted by molar-refractivity contribution is 0.722. The Kier molecular flexibility index (Phi) is 7.64. The predicted octanol–water partition coefficient (Wildman–Crippen LogP) is 13.0. The fourth-order valence-corrected chi connectivity index (χ4v) is 10.0. The van der Waals surface area contributed by atoms with Gasteiger partial charge in [0.15, 0.2) is 17.5 Å². The first-order chi connectivity index (χ1) is 27.8. The van der Waals surface area contributed by atoms with Crippen LogP contribution in [0.4, 0.5) is 0 Å². The zero-order chi connectivity index (χ0) is 37.1. The van der Waals surface area contributed by atoms with Gasteiger partial charge in [-0.3, -0.25) is 0 Å². The van der Waals surface area contributed by atoms with Gasteiger partial charge in [0.05, 0.1) is 5.41 Å². The van der Waals surface area contributed by atoms with Crippen LogP contribution >= 0.6 is 11.8 Å². The van der Waals surface area contributed by atoms with Crippen molar-refractivity contribution in [1.29, 1.82) is 0 Å². The molecular weight excluding hydrogens is 699 g/mol. The molecule has 0 amide bonds. The molecule has 4 heteroatoms. The third-order valence-electron chi connectivity index (χ3n) is 11.2. The summed E-state index contributed by atoms with van der Waals surface area (Å²) in [5.74, 6) is 1.93. The van der Waals surface area contributed by atoms with Crippen molar-refractivity contribution < 1.29 is 0 Å². The van der Waals surface area contributed by atoms with E-state index in [0.717, 1.165) is 43.8 Å². The van der Waals surface area contributed by atoms with Gasteiger partial charge in [-0.2, -0.15) is 0 Å². The average molecular weight is 732 g/mol. The minimum atomic E-state index is -0.493. The maximum Gasteiger partial charge on any atom is 0.165 e. The Hall–Kier alpha value is -6.88. The van der Waals surface area contributed by atoms with Crippen LogP contribution in [0.2, 0.25) is 0 Å². The van der Waals surface area contributed by atoms with Crippen molar-refractivity contribution in [3.63, 3.8) is 0 Å². The molecule has 9 aromatic rings. The highest BCUT2D eigenvalue weighted by molar-refractivity contribution is 7.99. The third-order valence-corrected chi connectivity index (χ3v) is 12.4. The fourth-order valence-electron chi connectivity index (χ4n) is 8.75. The van der Waals surface area contributed by atoms with Crippen molar-refractivity contribution >= 4 is 11.8 Å². The molecule has 2 heterocycles. The second-order valence-electron chi connectivity index (χ2n) is 14.3. The van der Waals surface area contributed by atoms with Crippen LogP contribution in [0.3, 0.4) is 0 Å². The molecule has 1 spiro atoms. The lowest BCUT2D eigenvalue weighted by Crippen LogP contribution is -2.32. The molecule has 0 N–H and O–H groups in total. The number of hydrogen-bond donors (Lipinski definition) is 0. The first-order valence-electron chi connectivity index (χ1n) is 18.9. The predicted molar refractivity (Wildman–Crippen MR) is 228 cm³/mol. The highest BCUT2D eigenvalue weighted by atomic mass is 32.2. The van der Waals surface area contributed by atoms with E-state index in [0.29, 0.717) is 17.5 Å². The molecule has 8 aromatic carbocycles. The van der Waals surface area contributed by atoms with Gasteiger partial charge in [0.1, 0.15) is 0 Å².